The molecule has 1 aromatic rings. The average Bonchev–Trinajstić information content (AvgIpc) is 2.35. The fourth-order valence-electron chi connectivity index (χ4n) is 1.02. The van der Waals surface area contributed by atoms with Gasteiger partial charge in [-0.15, -0.1) is 0 Å². The van der Waals surface area contributed by atoms with Gasteiger partial charge in [0.25, 0.3) is 0 Å². The van der Waals surface area contributed by atoms with E-state index in [1.54, 1.807) is 6.92 Å². The van der Waals surface area contributed by atoms with Crippen molar-refractivity contribution in [3.05, 3.63) is 17.0 Å². The largest absolute Gasteiger partial charge is 0.361 e. The summed E-state index contributed by atoms with van der Waals surface area (Å²) in [4.78, 5) is 11.0. The first-order valence-corrected chi connectivity index (χ1v) is 3.78. The van der Waals surface area contributed by atoms with Crippen LogP contribution in [0.3, 0.4) is 0 Å². The van der Waals surface area contributed by atoms with E-state index in [2.05, 4.69) is 5.16 Å². The molecule has 0 aliphatic carbocycles. The number of carbonyl (C=O) groups excluding carboxylic acids is 1. The van der Waals surface area contributed by atoms with Crippen molar-refractivity contribution in [2.45, 2.75) is 20.3 Å². The van der Waals surface area contributed by atoms with Crippen molar-refractivity contribution >= 4 is 5.78 Å². The van der Waals surface area contributed by atoms with Crippen LogP contribution >= 0.6 is 0 Å². The summed E-state index contributed by atoms with van der Waals surface area (Å²) >= 11 is 0. The molecule has 1 heterocycles. The molecule has 0 radical (unpaired) electrons. The maximum absolute atomic E-state index is 11.0. The summed E-state index contributed by atoms with van der Waals surface area (Å²) in [7, 11) is 0. The summed E-state index contributed by atoms with van der Waals surface area (Å²) in [5, 5.41) is 3.74. The Kier molecular flexibility index (Phi) is 2.60. The topological polar surface area (TPSA) is 69.1 Å². The minimum Gasteiger partial charge on any atom is -0.361 e. The lowest BCUT2D eigenvalue weighted by Gasteiger charge is -1.95. The van der Waals surface area contributed by atoms with Crippen molar-refractivity contribution in [2.75, 3.05) is 6.54 Å². The van der Waals surface area contributed by atoms with E-state index in [0.29, 0.717) is 12.2 Å². The van der Waals surface area contributed by atoms with Crippen LogP contribution in [0.15, 0.2) is 4.52 Å². The number of rotatable bonds is 3. The zero-order valence-electron chi connectivity index (χ0n) is 7.26. The van der Waals surface area contributed by atoms with Gasteiger partial charge in [-0.2, -0.15) is 0 Å². The predicted molar refractivity (Wildman–Crippen MR) is 43.7 cm³/mol. The Morgan fingerprint density at radius 1 is 1.58 bits per heavy atom. The lowest BCUT2D eigenvalue weighted by atomic mass is 10.1. The van der Waals surface area contributed by atoms with Crippen molar-refractivity contribution < 1.29 is 9.32 Å². The van der Waals surface area contributed by atoms with Crippen molar-refractivity contribution in [3.63, 3.8) is 0 Å². The van der Waals surface area contributed by atoms with Crippen molar-refractivity contribution in [1.82, 2.24) is 5.16 Å². The summed E-state index contributed by atoms with van der Waals surface area (Å²) in [6.07, 6.45) is 0.331. The molecule has 4 nitrogen and oxygen atoms in total. The molecule has 0 aliphatic heterocycles. The Labute approximate surface area is 70.7 Å². The fraction of sp³-hybridized carbons (Fsp3) is 0.500. The molecular formula is C8H12N2O2. The van der Waals surface area contributed by atoms with Gasteiger partial charge in [0.15, 0.2) is 5.78 Å². The molecule has 0 aliphatic rings. The highest BCUT2D eigenvalue weighted by molar-refractivity contribution is 5.82. The lowest BCUT2D eigenvalue weighted by Crippen LogP contribution is -2.16. The maximum atomic E-state index is 11.0. The average molecular weight is 168 g/mol. The Hall–Kier alpha value is -1.16. The molecule has 1 aromatic heterocycles. The zero-order chi connectivity index (χ0) is 9.14. The number of nitrogens with two attached hydrogens (primary N) is 1. The molecule has 0 bridgehead atoms. The zero-order valence-corrected chi connectivity index (χ0v) is 7.26. The standard InChI is InChI=1S/C8H12N2O2/c1-5-8(3-7(11)4-9)6(2)12-10-5/h3-4,9H2,1-2H3. The first-order chi connectivity index (χ1) is 5.65. The van der Waals surface area contributed by atoms with Gasteiger partial charge in [0.2, 0.25) is 0 Å². The number of hydrogen-bond acceptors (Lipinski definition) is 4. The molecule has 0 aromatic carbocycles. The summed E-state index contributed by atoms with van der Waals surface area (Å²) in [5.41, 5.74) is 6.83. The molecule has 0 saturated heterocycles. The highest BCUT2D eigenvalue weighted by Gasteiger charge is 2.11. The molecular weight excluding hydrogens is 156 g/mol. The first kappa shape index (κ1) is 8.93. The van der Waals surface area contributed by atoms with Crippen molar-refractivity contribution in [2.24, 2.45) is 5.73 Å². The van der Waals surface area contributed by atoms with Crippen LogP contribution in [-0.4, -0.2) is 17.5 Å². The fourth-order valence-corrected chi connectivity index (χ4v) is 1.02. The van der Waals surface area contributed by atoms with Crippen LogP contribution in [-0.2, 0) is 11.2 Å². The third-order valence-corrected chi connectivity index (χ3v) is 1.78. The highest BCUT2D eigenvalue weighted by Crippen LogP contribution is 2.12. The van der Waals surface area contributed by atoms with E-state index < -0.39 is 0 Å². The van der Waals surface area contributed by atoms with E-state index in [9.17, 15) is 4.79 Å². The molecule has 0 saturated carbocycles. The normalized spacial score (nSPS) is 10.2. The third kappa shape index (κ3) is 1.71. The van der Waals surface area contributed by atoms with Gasteiger partial charge in [-0.1, -0.05) is 5.16 Å². The number of hydrogen-bond donors (Lipinski definition) is 1. The minimum atomic E-state index is 0.00407. The Balaban J connectivity index is 2.80. The van der Waals surface area contributed by atoms with E-state index in [-0.39, 0.29) is 12.3 Å². The van der Waals surface area contributed by atoms with Gasteiger partial charge in [-0.25, -0.2) is 0 Å². The smallest absolute Gasteiger partial charge is 0.150 e. The number of Topliss-reactive ketones (excluding diaryl/α,β-unsaturated/α-hetero) is 1. The van der Waals surface area contributed by atoms with Gasteiger partial charge in [-0.3, -0.25) is 4.79 Å². The van der Waals surface area contributed by atoms with E-state index in [1.807, 2.05) is 6.92 Å². The van der Waals surface area contributed by atoms with E-state index >= 15 is 0 Å². The summed E-state index contributed by atoms with van der Waals surface area (Å²) in [5.74, 6) is 0.707. The SMILES string of the molecule is Cc1noc(C)c1CC(=O)CN. The van der Waals surface area contributed by atoms with E-state index in [4.69, 9.17) is 10.3 Å². The number of carbonyl (C=O) groups is 1. The summed E-state index contributed by atoms with van der Waals surface area (Å²) < 4.78 is 4.90. The molecule has 0 amide bonds. The Morgan fingerprint density at radius 3 is 2.67 bits per heavy atom. The van der Waals surface area contributed by atoms with Gasteiger partial charge in [-0.05, 0) is 13.8 Å². The second-order valence-electron chi connectivity index (χ2n) is 2.72. The van der Waals surface area contributed by atoms with Gasteiger partial charge < -0.3 is 10.3 Å². The maximum Gasteiger partial charge on any atom is 0.150 e. The molecule has 1 rings (SSSR count). The highest BCUT2D eigenvalue weighted by atomic mass is 16.5. The monoisotopic (exact) mass is 168 g/mol. The van der Waals surface area contributed by atoms with Crippen LogP contribution in [0.2, 0.25) is 0 Å². The quantitative estimate of drug-likeness (QED) is 0.707. The second kappa shape index (κ2) is 3.49. The molecule has 12 heavy (non-hydrogen) atoms. The van der Waals surface area contributed by atoms with Crippen LogP contribution in [0.4, 0.5) is 0 Å². The summed E-state index contributed by atoms with van der Waals surface area (Å²) in [6, 6.07) is 0. The van der Waals surface area contributed by atoms with E-state index in [1.165, 1.54) is 0 Å². The molecule has 0 atom stereocenters. The second-order valence-corrected chi connectivity index (χ2v) is 2.72. The number of nitrogens with zero attached hydrogens (tertiary/aromatic N) is 1. The third-order valence-electron chi connectivity index (χ3n) is 1.78. The molecule has 66 valence electrons. The number of aryl methyl sites for hydroxylation is 2. The van der Waals surface area contributed by atoms with Gasteiger partial charge >= 0.3 is 0 Å². The van der Waals surface area contributed by atoms with Crippen LogP contribution in [0.5, 0.6) is 0 Å². The van der Waals surface area contributed by atoms with Gasteiger partial charge in [0.05, 0.1) is 12.2 Å². The minimum absolute atomic E-state index is 0.00407. The van der Waals surface area contributed by atoms with Gasteiger partial charge in [0, 0.05) is 12.0 Å². The van der Waals surface area contributed by atoms with Crippen LogP contribution < -0.4 is 5.73 Å². The lowest BCUT2D eigenvalue weighted by molar-refractivity contribution is -0.117. The molecule has 0 spiro atoms. The van der Waals surface area contributed by atoms with Crippen LogP contribution in [0.25, 0.3) is 0 Å². The number of ketones is 1. The van der Waals surface area contributed by atoms with Crippen LogP contribution in [0.1, 0.15) is 17.0 Å². The summed E-state index contributed by atoms with van der Waals surface area (Å²) in [6.45, 7) is 3.68. The Morgan fingerprint density at radius 2 is 2.25 bits per heavy atom. The number of aromatic nitrogens is 1. The van der Waals surface area contributed by atoms with Gasteiger partial charge in [0.1, 0.15) is 5.76 Å². The van der Waals surface area contributed by atoms with E-state index in [0.717, 1.165) is 11.3 Å². The predicted octanol–water partition coefficient (Wildman–Crippen LogP) is 0.362. The Bertz CT molecular complexity index is 272. The molecule has 4 heteroatoms. The van der Waals surface area contributed by atoms with Crippen LogP contribution in [0, 0.1) is 13.8 Å². The van der Waals surface area contributed by atoms with Crippen molar-refractivity contribution in [1.29, 1.82) is 0 Å². The molecule has 2 N–H and O–H groups in total. The van der Waals surface area contributed by atoms with Crippen molar-refractivity contribution in [3.8, 4) is 0 Å². The molecule has 0 fully saturated rings. The first-order valence-electron chi connectivity index (χ1n) is 3.78. The molecule has 0 unspecified atom stereocenters.